The van der Waals surface area contributed by atoms with Gasteiger partial charge in [0.05, 0.1) is 12.2 Å². The molecule has 110 valence electrons. The van der Waals surface area contributed by atoms with Crippen LogP contribution in [-0.2, 0) is 11.3 Å². The van der Waals surface area contributed by atoms with E-state index in [9.17, 15) is 4.79 Å². The van der Waals surface area contributed by atoms with Gasteiger partial charge >= 0.3 is 0 Å². The van der Waals surface area contributed by atoms with Gasteiger partial charge in [0.25, 0.3) is 0 Å². The molecule has 0 bridgehead atoms. The summed E-state index contributed by atoms with van der Waals surface area (Å²) < 4.78 is 0. The van der Waals surface area contributed by atoms with Crippen LogP contribution in [0.4, 0.5) is 11.4 Å². The summed E-state index contributed by atoms with van der Waals surface area (Å²) in [6.45, 7) is 3.94. The SMILES string of the molecule is CCN(Cc1cccs1)c1ccc2c(c1)N(C)C(=O)C2N. The van der Waals surface area contributed by atoms with Crippen LogP contribution in [0.2, 0.25) is 0 Å². The summed E-state index contributed by atoms with van der Waals surface area (Å²) >= 11 is 1.76. The highest BCUT2D eigenvalue weighted by Gasteiger charge is 2.32. The van der Waals surface area contributed by atoms with Gasteiger partial charge in [-0.2, -0.15) is 0 Å². The van der Waals surface area contributed by atoms with Crippen LogP contribution in [0.25, 0.3) is 0 Å². The van der Waals surface area contributed by atoms with Crippen LogP contribution >= 0.6 is 11.3 Å². The maximum atomic E-state index is 12.0. The van der Waals surface area contributed by atoms with E-state index in [2.05, 4.69) is 41.5 Å². The van der Waals surface area contributed by atoms with Crippen LogP contribution in [0.5, 0.6) is 0 Å². The largest absolute Gasteiger partial charge is 0.367 e. The molecule has 5 heteroatoms. The molecule has 2 N–H and O–H groups in total. The van der Waals surface area contributed by atoms with Gasteiger partial charge in [0, 0.05) is 29.7 Å². The molecule has 21 heavy (non-hydrogen) atoms. The number of amides is 1. The van der Waals surface area contributed by atoms with Crippen molar-refractivity contribution in [2.75, 3.05) is 23.4 Å². The number of hydrogen-bond donors (Lipinski definition) is 1. The number of benzene rings is 1. The Morgan fingerprint density at radius 2 is 2.19 bits per heavy atom. The van der Waals surface area contributed by atoms with E-state index in [1.54, 1.807) is 23.3 Å². The van der Waals surface area contributed by atoms with Gasteiger partial charge in [0.2, 0.25) is 5.91 Å². The van der Waals surface area contributed by atoms with Crippen molar-refractivity contribution in [1.29, 1.82) is 0 Å². The molecular formula is C16H19N3OS. The molecular weight excluding hydrogens is 282 g/mol. The van der Waals surface area contributed by atoms with Gasteiger partial charge in [-0.05, 0) is 30.5 Å². The van der Waals surface area contributed by atoms with Gasteiger partial charge in [0.1, 0.15) is 6.04 Å². The molecule has 0 saturated carbocycles. The number of likely N-dealkylation sites (N-methyl/N-ethyl adjacent to an activating group) is 1. The summed E-state index contributed by atoms with van der Waals surface area (Å²) in [6, 6.07) is 9.80. The predicted octanol–water partition coefficient (Wildman–Crippen LogP) is 2.75. The minimum Gasteiger partial charge on any atom is -0.367 e. The average Bonchev–Trinajstić information content (AvgIpc) is 3.09. The maximum absolute atomic E-state index is 12.0. The molecule has 0 saturated heterocycles. The van der Waals surface area contributed by atoms with Gasteiger partial charge in [-0.25, -0.2) is 0 Å². The average molecular weight is 301 g/mol. The number of hydrogen-bond acceptors (Lipinski definition) is 4. The van der Waals surface area contributed by atoms with Gasteiger partial charge in [-0.3, -0.25) is 4.79 Å². The van der Waals surface area contributed by atoms with Crippen molar-refractivity contribution < 1.29 is 4.79 Å². The van der Waals surface area contributed by atoms with Crippen molar-refractivity contribution in [3.05, 3.63) is 46.2 Å². The Labute approximate surface area is 128 Å². The van der Waals surface area contributed by atoms with Crippen LogP contribution in [0.3, 0.4) is 0 Å². The zero-order valence-corrected chi connectivity index (χ0v) is 13.1. The first-order valence-electron chi connectivity index (χ1n) is 7.06. The first-order chi connectivity index (χ1) is 10.1. The molecule has 1 amide bonds. The lowest BCUT2D eigenvalue weighted by Gasteiger charge is -2.24. The number of carbonyl (C=O) groups is 1. The molecule has 0 spiro atoms. The lowest BCUT2D eigenvalue weighted by molar-refractivity contribution is -0.118. The van der Waals surface area contributed by atoms with E-state index in [1.807, 2.05) is 6.07 Å². The highest BCUT2D eigenvalue weighted by Crippen LogP contribution is 2.36. The van der Waals surface area contributed by atoms with Gasteiger partial charge < -0.3 is 15.5 Å². The van der Waals surface area contributed by atoms with E-state index >= 15 is 0 Å². The highest BCUT2D eigenvalue weighted by molar-refractivity contribution is 7.09. The van der Waals surface area contributed by atoms with Crippen molar-refractivity contribution in [2.24, 2.45) is 5.73 Å². The second-order valence-electron chi connectivity index (χ2n) is 5.21. The van der Waals surface area contributed by atoms with E-state index < -0.39 is 6.04 Å². The summed E-state index contributed by atoms with van der Waals surface area (Å²) in [7, 11) is 1.79. The van der Waals surface area contributed by atoms with Crippen LogP contribution < -0.4 is 15.5 Å². The molecule has 2 aromatic rings. The lowest BCUT2D eigenvalue weighted by atomic mass is 10.1. The second kappa shape index (κ2) is 5.50. The third-order valence-corrected chi connectivity index (χ3v) is 4.84. The number of nitrogens with two attached hydrogens (primary N) is 1. The van der Waals surface area contributed by atoms with E-state index in [0.717, 1.165) is 30.0 Å². The second-order valence-corrected chi connectivity index (χ2v) is 6.24. The van der Waals surface area contributed by atoms with Crippen molar-refractivity contribution in [3.63, 3.8) is 0 Å². The molecule has 4 nitrogen and oxygen atoms in total. The topological polar surface area (TPSA) is 49.6 Å². The Kier molecular flexibility index (Phi) is 3.69. The molecule has 1 aromatic heterocycles. The zero-order chi connectivity index (χ0) is 15.0. The van der Waals surface area contributed by atoms with Crippen molar-refractivity contribution in [1.82, 2.24) is 0 Å². The first-order valence-corrected chi connectivity index (χ1v) is 7.94. The van der Waals surface area contributed by atoms with E-state index in [1.165, 1.54) is 4.88 Å². The minimum atomic E-state index is -0.522. The molecule has 0 fully saturated rings. The quantitative estimate of drug-likeness (QED) is 0.944. The monoisotopic (exact) mass is 301 g/mol. The maximum Gasteiger partial charge on any atom is 0.248 e. The van der Waals surface area contributed by atoms with E-state index in [4.69, 9.17) is 5.73 Å². The molecule has 0 aliphatic carbocycles. The Hall–Kier alpha value is -1.85. The zero-order valence-electron chi connectivity index (χ0n) is 12.2. The van der Waals surface area contributed by atoms with Crippen molar-refractivity contribution >= 4 is 28.6 Å². The first kappa shape index (κ1) is 14.1. The lowest BCUT2D eigenvalue weighted by Crippen LogP contribution is -2.28. The molecule has 1 aliphatic heterocycles. The number of thiophene rings is 1. The fourth-order valence-electron chi connectivity index (χ4n) is 2.72. The van der Waals surface area contributed by atoms with Crippen LogP contribution in [0, 0.1) is 0 Å². The number of anilines is 2. The van der Waals surface area contributed by atoms with Gasteiger partial charge in [-0.15, -0.1) is 11.3 Å². The predicted molar refractivity (Wildman–Crippen MR) is 87.8 cm³/mol. The molecule has 1 atom stereocenters. The number of nitrogens with zero attached hydrogens (tertiary/aromatic N) is 2. The van der Waals surface area contributed by atoms with E-state index in [0.29, 0.717) is 0 Å². The van der Waals surface area contributed by atoms with Crippen LogP contribution in [0.1, 0.15) is 23.4 Å². The minimum absolute atomic E-state index is 0.0385. The highest BCUT2D eigenvalue weighted by atomic mass is 32.1. The molecule has 1 aromatic carbocycles. The molecule has 1 unspecified atom stereocenters. The summed E-state index contributed by atoms with van der Waals surface area (Å²) in [6.07, 6.45) is 0. The van der Waals surface area contributed by atoms with E-state index in [-0.39, 0.29) is 5.91 Å². The van der Waals surface area contributed by atoms with Crippen molar-refractivity contribution in [3.8, 4) is 0 Å². The number of fused-ring (bicyclic) bond motifs is 1. The van der Waals surface area contributed by atoms with Crippen LogP contribution in [0.15, 0.2) is 35.7 Å². The Bertz CT molecular complexity index is 654. The Morgan fingerprint density at radius 1 is 1.38 bits per heavy atom. The number of rotatable bonds is 4. The standard InChI is InChI=1S/C16H19N3OS/c1-3-19(10-12-5-4-8-21-12)11-6-7-13-14(9-11)18(2)16(20)15(13)17/h4-9,15H,3,10,17H2,1-2H3. The fraction of sp³-hybridized carbons (Fsp3) is 0.312. The normalized spacial score (nSPS) is 17.2. The van der Waals surface area contributed by atoms with Gasteiger partial charge in [0.15, 0.2) is 0 Å². The third kappa shape index (κ3) is 2.43. The fourth-order valence-corrected chi connectivity index (χ4v) is 3.44. The Morgan fingerprint density at radius 3 is 2.86 bits per heavy atom. The summed E-state index contributed by atoms with van der Waals surface area (Å²) in [4.78, 5) is 17.2. The smallest absolute Gasteiger partial charge is 0.248 e. The van der Waals surface area contributed by atoms with Crippen molar-refractivity contribution in [2.45, 2.75) is 19.5 Å². The molecule has 2 heterocycles. The summed E-state index contributed by atoms with van der Waals surface area (Å²) in [5.74, 6) is -0.0385. The third-order valence-electron chi connectivity index (χ3n) is 3.98. The van der Waals surface area contributed by atoms with Gasteiger partial charge in [-0.1, -0.05) is 12.1 Å². The summed E-state index contributed by atoms with van der Waals surface area (Å²) in [5.41, 5.74) is 8.91. The molecule has 0 radical (unpaired) electrons. The summed E-state index contributed by atoms with van der Waals surface area (Å²) in [5, 5.41) is 2.09. The Balaban J connectivity index is 1.91. The molecule has 1 aliphatic rings. The number of carbonyl (C=O) groups excluding carboxylic acids is 1. The molecule has 3 rings (SSSR count). The van der Waals surface area contributed by atoms with Crippen LogP contribution in [-0.4, -0.2) is 19.5 Å².